The topological polar surface area (TPSA) is 45.7 Å². The summed E-state index contributed by atoms with van der Waals surface area (Å²) in [6.45, 7) is 7.15. The molecule has 0 unspecified atom stereocenters. The number of likely N-dealkylation sites (N-methyl/N-ethyl adjacent to an activating group) is 1. The summed E-state index contributed by atoms with van der Waals surface area (Å²) in [5.41, 5.74) is 1.04. The number of carbonyl (C=O) groups excluding carboxylic acids is 1. The molecule has 0 saturated carbocycles. The number of thiazole rings is 1. The molecule has 0 bridgehead atoms. The lowest BCUT2D eigenvalue weighted by atomic mass is 10.2. The lowest BCUT2D eigenvalue weighted by Crippen LogP contribution is -2.38. The van der Waals surface area contributed by atoms with E-state index in [2.05, 4.69) is 23.7 Å². The molecular weight excluding hydrogens is 413 g/mol. The van der Waals surface area contributed by atoms with Gasteiger partial charge in [-0.1, -0.05) is 37.3 Å². The van der Waals surface area contributed by atoms with Crippen LogP contribution in [0.25, 0.3) is 10.2 Å². The van der Waals surface area contributed by atoms with Gasteiger partial charge in [0.05, 0.1) is 11.8 Å². The van der Waals surface area contributed by atoms with E-state index in [4.69, 9.17) is 4.74 Å². The molecule has 2 aromatic carbocycles. The zero-order valence-electron chi connectivity index (χ0n) is 16.7. The van der Waals surface area contributed by atoms with Crippen molar-refractivity contribution in [3.8, 4) is 5.75 Å². The Balaban J connectivity index is 0.00000300. The van der Waals surface area contributed by atoms with Crippen LogP contribution in [0.5, 0.6) is 5.75 Å². The third kappa shape index (κ3) is 5.23. The van der Waals surface area contributed by atoms with Crippen molar-refractivity contribution < 1.29 is 13.9 Å². The molecule has 0 fully saturated rings. The molecule has 0 radical (unpaired) electrons. The average molecular weight is 438 g/mol. The minimum absolute atomic E-state index is 0. The maximum absolute atomic E-state index is 13.7. The van der Waals surface area contributed by atoms with Gasteiger partial charge in [-0.3, -0.25) is 9.69 Å². The second-order valence-corrected chi connectivity index (χ2v) is 7.31. The second kappa shape index (κ2) is 10.5. The van der Waals surface area contributed by atoms with E-state index in [0.29, 0.717) is 29.5 Å². The Labute approximate surface area is 180 Å². The van der Waals surface area contributed by atoms with E-state index in [1.54, 1.807) is 24.1 Å². The Morgan fingerprint density at radius 3 is 2.52 bits per heavy atom. The number of para-hydroxylation sites is 1. The fourth-order valence-corrected chi connectivity index (χ4v) is 4.04. The summed E-state index contributed by atoms with van der Waals surface area (Å²) >= 11 is 1.43. The molecule has 0 saturated heterocycles. The SMILES string of the molecule is CCN(CC)CCN(C(=O)c1cccc(F)c1)c1nc2c(OC)cccc2s1.Cl. The minimum atomic E-state index is -0.430. The number of halogens is 2. The molecule has 0 aliphatic rings. The fourth-order valence-electron chi connectivity index (χ4n) is 3.03. The van der Waals surface area contributed by atoms with Crippen molar-refractivity contribution in [3.05, 3.63) is 53.8 Å². The molecule has 1 aromatic heterocycles. The average Bonchev–Trinajstić information content (AvgIpc) is 3.14. The zero-order valence-corrected chi connectivity index (χ0v) is 18.4. The Morgan fingerprint density at radius 2 is 1.86 bits per heavy atom. The van der Waals surface area contributed by atoms with Crippen molar-refractivity contribution >= 4 is 45.0 Å². The van der Waals surface area contributed by atoms with E-state index in [1.165, 1.54) is 23.5 Å². The first-order chi connectivity index (χ1) is 13.6. The van der Waals surface area contributed by atoms with E-state index in [9.17, 15) is 9.18 Å². The lowest BCUT2D eigenvalue weighted by molar-refractivity contribution is 0.0983. The van der Waals surface area contributed by atoms with E-state index in [1.807, 2.05) is 18.2 Å². The van der Waals surface area contributed by atoms with Gasteiger partial charge in [-0.25, -0.2) is 9.37 Å². The van der Waals surface area contributed by atoms with E-state index in [-0.39, 0.29) is 18.3 Å². The smallest absolute Gasteiger partial charge is 0.260 e. The number of hydrogen-bond donors (Lipinski definition) is 0. The van der Waals surface area contributed by atoms with Gasteiger partial charge in [0.1, 0.15) is 17.1 Å². The largest absolute Gasteiger partial charge is 0.494 e. The first-order valence-corrected chi connectivity index (χ1v) is 10.1. The highest BCUT2D eigenvalue weighted by Crippen LogP contribution is 2.34. The van der Waals surface area contributed by atoms with Gasteiger partial charge in [0, 0.05) is 18.7 Å². The molecule has 5 nitrogen and oxygen atoms in total. The predicted octanol–water partition coefficient (Wildman–Crippen LogP) is 4.85. The fraction of sp³-hybridized carbons (Fsp3) is 0.333. The van der Waals surface area contributed by atoms with Gasteiger partial charge >= 0.3 is 0 Å². The molecule has 0 aliphatic carbocycles. The quantitative estimate of drug-likeness (QED) is 0.505. The van der Waals surface area contributed by atoms with Crippen LogP contribution in [0.2, 0.25) is 0 Å². The zero-order chi connectivity index (χ0) is 20.1. The Morgan fingerprint density at radius 1 is 1.14 bits per heavy atom. The van der Waals surface area contributed by atoms with Crippen molar-refractivity contribution in [2.24, 2.45) is 0 Å². The molecule has 1 heterocycles. The summed E-state index contributed by atoms with van der Waals surface area (Å²) in [4.78, 5) is 21.7. The summed E-state index contributed by atoms with van der Waals surface area (Å²) < 4.78 is 20.0. The third-order valence-electron chi connectivity index (χ3n) is 4.67. The summed E-state index contributed by atoms with van der Waals surface area (Å²) in [6, 6.07) is 11.5. The van der Waals surface area contributed by atoms with Gasteiger partial charge in [0.15, 0.2) is 5.13 Å². The molecule has 156 valence electrons. The molecule has 1 amide bonds. The highest BCUT2D eigenvalue weighted by Gasteiger charge is 2.23. The summed E-state index contributed by atoms with van der Waals surface area (Å²) in [7, 11) is 1.60. The van der Waals surface area contributed by atoms with Gasteiger partial charge < -0.3 is 9.64 Å². The van der Waals surface area contributed by atoms with Crippen molar-refractivity contribution in [1.82, 2.24) is 9.88 Å². The highest BCUT2D eigenvalue weighted by atomic mass is 35.5. The first kappa shape index (κ1) is 23.1. The highest BCUT2D eigenvalue weighted by molar-refractivity contribution is 7.22. The number of hydrogen-bond acceptors (Lipinski definition) is 5. The molecule has 0 N–H and O–H groups in total. The Bertz CT molecular complexity index is 962. The number of carbonyl (C=O) groups is 1. The predicted molar refractivity (Wildman–Crippen MR) is 119 cm³/mol. The maximum Gasteiger partial charge on any atom is 0.260 e. The van der Waals surface area contributed by atoms with Crippen LogP contribution in [0, 0.1) is 5.82 Å². The number of ether oxygens (including phenoxy) is 1. The van der Waals surface area contributed by atoms with Gasteiger partial charge in [-0.05, 0) is 43.4 Å². The third-order valence-corrected chi connectivity index (χ3v) is 5.72. The van der Waals surface area contributed by atoms with Crippen molar-refractivity contribution in [1.29, 1.82) is 0 Å². The monoisotopic (exact) mass is 437 g/mol. The summed E-state index contributed by atoms with van der Waals surface area (Å²) in [6.07, 6.45) is 0. The molecule has 3 rings (SSSR count). The summed E-state index contributed by atoms with van der Waals surface area (Å²) in [5.74, 6) is -0.0212. The van der Waals surface area contributed by atoms with Gasteiger partial charge in [-0.2, -0.15) is 0 Å². The van der Waals surface area contributed by atoms with E-state index in [0.717, 1.165) is 23.3 Å². The molecule has 0 spiro atoms. The first-order valence-electron chi connectivity index (χ1n) is 9.30. The number of nitrogens with zero attached hydrogens (tertiary/aromatic N) is 3. The summed E-state index contributed by atoms with van der Waals surface area (Å²) in [5, 5.41) is 0.584. The van der Waals surface area contributed by atoms with Crippen molar-refractivity contribution in [2.45, 2.75) is 13.8 Å². The molecule has 3 aromatic rings. The van der Waals surface area contributed by atoms with Crippen LogP contribution in [0.4, 0.5) is 9.52 Å². The van der Waals surface area contributed by atoms with E-state index >= 15 is 0 Å². The molecule has 8 heteroatoms. The lowest BCUT2D eigenvalue weighted by Gasteiger charge is -2.24. The molecule has 0 atom stereocenters. The van der Waals surface area contributed by atoms with Crippen LogP contribution in [-0.2, 0) is 0 Å². The van der Waals surface area contributed by atoms with Crippen molar-refractivity contribution in [3.63, 3.8) is 0 Å². The van der Waals surface area contributed by atoms with Gasteiger partial charge in [0.25, 0.3) is 5.91 Å². The van der Waals surface area contributed by atoms with E-state index < -0.39 is 5.82 Å². The number of benzene rings is 2. The van der Waals surface area contributed by atoms with Gasteiger partial charge in [0.2, 0.25) is 0 Å². The normalized spacial score (nSPS) is 10.8. The number of anilines is 1. The molecule has 0 aliphatic heterocycles. The molecular formula is C21H25ClFN3O2S. The van der Waals surface area contributed by atoms with Crippen LogP contribution in [0.3, 0.4) is 0 Å². The number of fused-ring (bicyclic) bond motifs is 1. The van der Waals surface area contributed by atoms with Crippen LogP contribution in [0.15, 0.2) is 42.5 Å². The standard InChI is InChI=1S/C21H24FN3O2S.ClH/c1-4-24(5-2)12-13-25(20(26)15-8-6-9-16(22)14-15)21-23-19-17(27-3)10-7-11-18(19)28-21;/h6-11,14H,4-5,12-13H2,1-3H3;1H. The van der Waals surface area contributed by atoms with Crippen LogP contribution < -0.4 is 9.64 Å². The number of rotatable bonds is 8. The van der Waals surface area contributed by atoms with Crippen LogP contribution in [0.1, 0.15) is 24.2 Å². The maximum atomic E-state index is 13.7. The number of aromatic nitrogens is 1. The Hall–Kier alpha value is -2.22. The van der Waals surface area contributed by atoms with Gasteiger partial charge in [-0.15, -0.1) is 12.4 Å². The van der Waals surface area contributed by atoms with Crippen LogP contribution >= 0.6 is 23.7 Å². The Kier molecular flexibility index (Phi) is 8.37. The minimum Gasteiger partial charge on any atom is -0.494 e. The molecule has 29 heavy (non-hydrogen) atoms. The van der Waals surface area contributed by atoms with Crippen LogP contribution in [-0.4, -0.2) is 49.1 Å². The number of methoxy groups -OCH3 is 1. The van der Waals surface area contributed by atoms with Crippen molar-refractivity contribution in [2.75, 3.05) is 38.2 Å². The second-order valence-electron chi connectivity index (χ2n) is 6.30. The number of amides is 1.